The van der Waals surface area contributed by atoms with E-state index in [-0.39, 0.29) is 61.9 Å². The fraction of sp³-hybridized carbons (Fsp3) is 0.395. The predicted molar refractivity (Wildman–Crippen MR) is 195 cm³/mol. The highest BCUT2D eigenvalue weighted by Crippen LogP contribution is 2.39. The lowest BCUT2D eigenvalue weighted by Gasteiger charge is -2.27. The molecule has 2 heterocycles. The van der Waals surface area contributed by atoms with Crippen LogP contribution in [-0.2, 0) is 54.8 Å². The molecule has 7 rings (SSSR count). The molecule has 2 aliphatic carbocycles. The van der Waals surface area contributed by atoms with Gasteiger partial charge in [-0.05, 0) is 104 Å². The van der Waals surface area contributed by atoms with Gasteiger partial charge in [0.15, 0.2) is 0 Å². The molecule has 1 saturated heterocycles. The molecular formula is C38H41N5O10S. The van der Waals surface area contributed by atoms with E-state index in [2.05, 4.69) is 26.7 Å². The van der Waals surface area contributed by atoms with Crippen molar-refractivity contribution in [2.24, 2.45) is 0 Å². The summed E-state index contributed by atoms with van der Waals surface area (Å²) in [5, 5.41) is 8.15. The minimum atomic E-state index is -4.11. The summed E-state index contributed by atoms with van der Waals surface area (Å²) < 4.78 is 44.9. The molecule has 54 heavy (non-hydrogen) atoms. The number of carbonyl (C=O) groups excluding carboxylic acids is 5. The Morgan fingerprint density at radius 1 is 0.815 bits per heavy atom. The molecule has 284 valence electrons. The molecule has 6 amide bonds. The molecule has 3 aromatic carbocycles. The molecule has 0 saturated carbocycles. The van der Waals surface area contributed by atoms with E-state index in [4.69, 9.17) is 14.2 Å². The topological polar surface area (TPSA) is 199 Å². The summed E-state index contributed by atoms with van der Waals surface area (Å²) in [6.45, 7) is 1.66. The van der Waals surface area contributed by atoms with Gasteiger partial charge in [-0.1, -0.05) is 12.1 Å². The Labute approximate surface area is 312 Å². The van der Waals surface area contributed by atoms with E-state index in [0.29, 0.717) is 18.0 Å². The Kier molecular flexibility index (Phi) is 10.9. The van der Waals surface area contributed by atoms with Gasteiger partial charge in [0.05, 0.1) is 42.4 Å². The summed E-state index contributed by atoms with van der Waals surface area (Å²) >= 11 is 0. The van der Waals surface area contributed by atoms with Crippen LogP contribution in [0.3, 0.4) is 0 Å². The van der Waals surface area contributed by atoms with Crippen LogP contribution in [0.5, 0.6) is 5.75 Å². The SMILES string of the molecule is O=C1CCC(N2C(=O)c3cccc(NCCOCCOCCOc4ccc(S(=O)(=O)NC(=O)Nc5c6c(cc7c5CCC7)CCC6)cc4)c3C2=O)C(=O)N1. The lowest BCUT2D eigenvalue weighted by molar-refractivity contribution is -0.136. The first-order chi connectivity index (χ1) is 26.1. The van der Waals surface area contributed by atoms with E-state index in [0.717, 1.165) is 60.2 Å². The molecule has 0 spiro atoms. The molecule has 0 aromatic heterocycles. The fourth-order valence-electron chi connectivity index (χ4n) is 7.46. The second-order valence-corrected chi connectivity index (χ2v) is 15.1. The van der Waals surface area contributed by atoms with Crippen molar-refractivity contribution in [1.29, 1.82) is 0 Å². The van der Waals surface area contributed by atoms with E-state index in [9.17, 15) is 32.4 Å². The first kappa shape index (κ1) is 37.0. The maximum atomic E-state index is 13.2. The molecule has 1 unspecified atom stereocenters. The molecule has 1 fully saturated rings. The largest absolute Gasteiger partial charge is 0.491 e. The molecule has 4 N–H and O–H groups in total. The molecule has 3 aromatic rings. The number of hydrogen-bond acceptors (Lipinski definition) is 11. The molecule has 2 aliphatic heterocycles. The van der Waals surface area contributed by atoms with E-state index in [1.165, 1.54) is 41.5 Å². The first-order valence-electron chi connectivity index (χ1n) is 18.1. The zero-order valence-corrected chi connectivity index (χ0v) is 30.4. The molecule has 0 bridgehead atoms. The van der Waals surface area contributed by atoms with Crippen LogP contribution < -0.4 is 25.4 Å². The van der Waals surface area contributed by atoms with Gasteiger partial charge in [0.25, 0.3) is 21.8 Å². The number of fused-ring (bicyclic) bond motifs is 3. The van der Waals surface area contributed by atoms with Crippen LogP contribution in [0.15, 0.2) is 53.4 Å². The van der Waals surface area contributed by atoms with Gasteiger partial charge >= 0.3 is 6.03 Å². The summed E-state index contributed by atoms with van der Waals surface area (Å²) in [5.41, 5.74) is 6.29. The fourth-order valence-corrected chi connectivity index (χ4v) is 8.37. The van der Waals surface area contributed by atoms with Gasteiger partial charge in [-0.2, -0.15) is 0 Å². The van der Waals surface area contributed by atoms with Crippen LogP contribution in [0, 0.1) is 0 Å². The number of nitrogens with zero attached hydrogens (tertiary/aromatic N) is 1. The standard InChI is InChI=1S/C38H41N5O10S/c44-32-15-14-31(35(45)40-32)43-36(46)29-8-3-9-30(33(29)37(43)47)39-16-17-51-18-19-52-20-21-53-25-10-12-26(13-11-25)54(49,50)42-38(48)41-34-27-6-1-4-23(27)22-24-5-2-7-28(24)34/h3,8-13,22,31,39H,1-2,4-7,14-21H2,(H,40,44,45)(H2,41,42,48). The van der Waals surface area contributed by atoms with Gasteiger partial charge in [0.2, 0.25) is 11.8 Å². The predicted octanol–water partition coefficient (Wildman–Crippen LogP) is 3.10. The highest BCUT2D eigenvalue weighted by Gasteiger charge is 2.45. The number of anilines is 2. The number of hydrogen-bond donors (Lipinski definition) is 4. The van der Waals surface area contributed by atoms with Gasteiger partial charge in [-0.3, -0.25) is 29.4 Å². The van der Waals surface area contributed by atoms with Crippen LogP contribution in [0.2, 0.25) is 0 Å². The summed E-state index contributed by atoms with van der Waals surface area (Å²) in [7, 11) is -4.11. The lowest BCUT2D eigenvalue weighted by Crippen LogP contribution is -2.54. The molecule has 16 heteroatoms. The average Bonchev–Trinajstić information content (AvgIpc) is 3.88. The number of urea groups is 1. The Morgan fingerprint density at radius 2 is 1.50 bits per heavy atom. The van der Waals surface area contributed by atoms with Crippen LogP contribution in [-0.4, -0.2) is 88.6 Å². The first-order valence-corrected chi connectivity index (χ1v) is 19.6. The van der Waals surface area contributed by atoms with Crippen molar-refractivity contribution in [3.05, 3.63) is 81.9 Å². The second kappa shape index (κ2) is 16.0. The highest BCUT2D eigenvalue weighted by molar-refractivity contribution is 7.90. The quantitative estimate of drug-likeness (QED) is 0.131. The summed E-state index contributed by atoms with van der Waals surface area (Å²) in [6, 6.07) is 11.0. The Bertz CT molecular complexity index is 2070. The van der Waals surface area contributed by atoms with Crippen LogP contribution >= 0.6 is 0 Å². The molecule has 4 aliphatic rings. The number of imide groups is 2. The number of nitrogens with one attached hydrogen (secondary N) is 4. The molecule has 0 radical (unpaired) electrons. The smallest absolute Gasteiger partial charge is 0.333 e. The number of ether oxygens (including phenoxy) is 3. The second-order valence-electron chi connectivity index (χ2n) is 13.4. The maximum Gasteiger partial charge on any atom is 0.333 e. The van der Waals surface area contributed by atoms with E-state index < -0.39 is 45.7 Å². The van der Waals surface area contributed by atoms with Gasteiger partial charge in [-0.25, -0.2) is 17.9 Å². The monoisotopic (exact) mass is 759 g/mol. The van der Waals surface area contributed by atoms with Crippen molar-refractivity contribution in [2.45, 2.75) is 62.3 Å². The van der Waals surface area contributed by atoms with Crippen molar-refractivity contribution >= 4 is 51.1 Å². The third-order valence-corrected chi connectivity index (χ3v) is 11.3. The number of aryl methyl sites for hydroxylation is 2. The number of sulfonamides is 1. The van der Waals surface area contributed by atoms with Crippen LogP contribution in [0.1, 0.15) is 68.7 Å². The number of amides is 6. The van der Waals surface area contributed by atoms with Crippen molar-refractivity contribution in [1.82, 2.24) is 14.9 Å². The Hall–Kier alpha value is -5.32. The van der Waals surface area contributed by atoms with Gasteiger partial charge in [-0.15, -0.1) is 0 Å². The van der Waals surface area contributed by atoms with Crippen molar-refractivity contribution in [3.63, 3.8) is 0 Å². The summed E-state index contributed by atoms with van der Waals surface area (Å²) in [6.07, 6.45) is 5.85. The molecule has 1 atom stereocenters. The van der Waals surface area contributed by atoms with Crippen LogP contribution in [0.4, 0.5) is 16.2 Å². The molecule has 15 nitrogen and oxygen atoms in total. The zero-order valence-electron chi connectivity index (χ0n) is 29.5. The van der Waals surface area contributed by atoms with Gasteiger partial charge in [0.1, 0.15) is 18.4 Å². The van der Waals surface area contributed by atoms with E-state index in [1.54, 1.807) is 12.1 Å². The van der Waals surface area contributed by atoms with Crippen molar-refractivity contribution in [2.75, 3.05) is 50.2 Å². The van der Waals surface area contributed by atoms with Gasteiger partial charge in [0, 0.05) is 24.3 Å². The summed E-state index contributed by atoms with van der Waals surface area (Å²) in [4.78, 5) is 63.8. The van der Waals surface area contributed by atoms with Crippen molar-refractivity contribution in [3.8, 4) is 5.75 Å². The Balaban J connectivity index is 0.788. The van der Waals surface area contributed by atoms with E-state index in [1.807, 2.05) is 0 Å². The minimum absolute atomic E-state index is 0.0463. The number of piperidine rings is 1. The highest BCUT2D eigenvalue weighted by atomic mass is 32.2. The third kappa shape index (κ3) is 7.81. The number of carbonyl (C=O) groups is 5. The van der Waals surface area contributed by atoms with E-state index >= 15 is 0 Å². The normalized spacial score (nSPS) is 17.6. The Morgan fingerprint density at radius 3 is 2.20 bits per heavy atom. The zero-order chi connectivity index (χ0) is 37.8. The summed E-state index contributed by atoms with van der Waals surface area (Å²) in [5.74, 6) is -1.82. The minimum Gasteiger partial charge on any atom is -0.491 e. The third-order valence-electron chi connectivity index (χ3n) is 9.97. The maximum absolute atomic E-state index is 13.2. The number of rotatable bonds is 15. The number of benzene rings is 3. The van der Waals surface area contributed by atoms with Gasteiger partial charge < -0.3 is 24.8 Å². The average molecular weight is 760 g/mol. The molecular weight excluding hydrogens is 719 g/mol. The lowest BCUT2D eigenvalue weighted by atomic mass is 9.99. The van der Waals surface area contributed by atoms with Crippen LogP contribution in [0.25, 0.3) is 0 Å². The van der Waals surface area contributed by atoms with Crippen molar-refractivity contribution < 1.29 is 46.6 Å².